The molecule has 0 saturated carbocycles. The monoisotopic (exact) mass is 541 g/mol. The van der Waals surface area contributed by atoms with Crippen LogP contribution in [0.15, 0.2) is 83.8 Å². The van der Waals surface area contributed by atoms with Crippen molar-refractivity contribution >= 4 is 56.7 Å². The number of anilines is 1. The summed E-state index contributed by atoms with van der Waals surface area (Å²) in [5.41, 5.74) is 2.53. The molecular weight excluding hydrogens is 518 g/mol. The topological polar surface area (TPSA) is 57.2 Å². The number of carbonyl (C=O) groups is 1. The smallest absolute Gasteiger partial charge is 0.270 e. The second kappa shape index (κ2) is 10.4. The molecule has 0 atom stereocenters. The van der Waals surface area contributed by atoms with Crippen molar-refractivity contribution in [2.45, 2.75) is 13.5 Å². The number of ether oxygens (including phenoxy) is 4. The Kier molecular flexibility index (Phi) is 6.66. The summed E-state index contributed by atoms with van der Waals surface area (Å²) in [5.74, 6) is 2.33. The van der Waals surface area contributed by atoms with Crippen LogP contribution >= 0.6 is 24.0 Å². The summed E-state index contributed by atoms with van der Waals surface area (Å²) in [5, 5.41) is 2.37. The Balaban J connectivity index is 1.21. The van der Waals surface area contributed by atoms with E-state index in [0.29, 0.717) is 51.1 Å². The number of thiocarbonyl (C=S) groups is 1. The summed E-state index contributed by atoms with van der Waals surface area (Å²) in [6, 6.07) is 25.6. The van der Waals surface area contributed by atoms with Crippen LogP contribution in [0.1, 0.15) is 18.1 Å². The van der Waals surface area contributed by atoms with Gasteiger partial charge < -0.3 is 18.9 Å². The molecule has 0 spiro atoms. The fourth-order valence-corrected chi connectivity index (χ4v) is 5.66. The maximum atomic E-state index is 13.3. The lowest BCUT2D eigenvalue weighted by molar-refractivity contribution is -0.113. The van der Waals surface area contributed by atoms with E-state index in [4.69, 9.17) is 31.2 Å². The number of fused-ring (bicyclic) bond motifs is 2. The van der Waals surface area contributed by atoms with Gasteiger partial charge in [-0.25, -0.2) is 0 Å². The summed E-state index contributed by atoms with van der Waals surface area (Å²) in [6.07, 6.45) is 1.82. The highest BCUT2D eigenvalue weighted by Crippen LogP contribution is 2.41. The molecule has 0 aromatic heterocycles. The standard InChI is InChI=1S/C30H23NO5S2/c1-2-33-26-14-19(8-11-24(26)34-17-20-7-9-21-5-3-4-6-22(21)13-20)15-28-29(32)31(30(37)38-28)23-10-12-25-27(16-23)36-18-35-25/h3-16H,2,17-18H2,1H3/b28-15+. The van der Waals surface area contributed by atoms with Crippen LogP contribution in [0.3, 0.4) is 0 Å². The maximum Gasteiger partial charge on any atom is 0.270 e. The van der Waals surface area contributed by atoms with Crippen molar-refractivity contribution in [2.75, 3.05) is 18.3 Å². The molecule has 2 aliphatic rings. The highest BCUT2D eigenvalue weighted by atomic mass is 32.2. The number of thioether (sulfide) groups is 1. The van der Waals surface area contributed by atoms with Crippen molar-refractivity contribution in [3.63, 3.8) is 0 Å². The summed E-state index contributed by atoms with van der Waals surface area (Å²) in [4.78, 5) is 15.3. The third-order valence-electron chi connectivity index (χ3n) is 6.18. The molecule has 0 radical (unpaired) electrons. The minimum Gasteiger partial charge on any atom is -0.490 e. The molecular formula is C30H23NO5S2. The second-order valence-electron chi connectivity index (χ2n) is 8.66. The van der Waals surface area contributed by atoms with Gasteiger partial charge in [-0.15, -0.1) is 0 Å². The Labute approximate surface area is 229 Å². The average molecular weight is 542 g/mol. The molecule has 4 aromatic carbocycles. The number of carbonyl (C=O) groups excluding carboxylic acids is 1. The number of hydrogen-bond donors (Lipinski definition) is 0. The van der Waals surface area contributed by atoms with Gasteiger partial charge in [0.2, 0.25) is 6.79 Å². The van der Waals surface area contributed by atoms with Crippen LogP contribution in [-0.2, 0) is 11.4 Å². The molecule has 8 heteroatoms. The molecule has 6 nitrogen and oxygen atoms in total. The van der Waals surface area contributed by atoms with Crippen LogP contribution in [0.25, 0.3) is 16.8 Å². The number of rotatable bonds is 7. The molecule has 1 amide bonds. The molecule has 38 heavy (non-hydrogen) atoms. The lowest BCUT2D eigenvalue weighted by Gasteiger charge is -2.15. The van der Waals surface area contributed by atoms with E-state index in [9.17, 15) is 4.79 Å². The fraction of sp³-hybridized carbons (Fsp3) is 0.133. The van der Waals surface area contributed by atoms with Crippen LogP contribution in [0, 0.1) is 0 Å². The SMILES string of the molecule is CCOc1cc(/C=C2/SC(=S)N(c3ccc4c(c3)OCO4)C2=O)ccc1OCc1ccc2ccccc2c1. The molecule has 0 N–H and O–H groups in total. The Bertz CT molecular complexity index is 1600. The Morgan fingerprint density at radius 3 is 2.63 bits per heavy atom. The van der Waals surface area contributed by atoms with Crippen molar-refractivity contribution in [3.05, 3.63) is 94.9 Å². The Morgan fingerprint density at radius 1 is 0.921 bits per heavy atom. The van der Waals surface area contributed by atoms with Gasteiger partial charge >= 0.3 is 0 Å². The lowest BCUT2D eigenvalue weighted by atomic mass is 10.1. The van der Waals surface area contributed by atoms with Crippen LogP contribution < -0.4 is 23.8 Å². The van der Waals surface area contributed by atoms with Crippen molar-refractivity contribution in [1.29, 1.82) is 0 Å². The van der Waals surface area contributed by atoms with E-state index >= 15 is 0 Å². The summed E-state index contributed by atoms with van der Waals surface area (Å²) < 4.78 is 23.3. The fourth-order valence-electron chi connectivity index (χ4n) is 4.36. The second-order valence-corrected chi connectivity index (χ2v) is 10.3. The summed E-state index contributed by atoms with van der Waals surface area (Å²) >= 11 is 6.79. The molecule has 2 aliphatic heterocycles. The van der Waals surface area contributed by atoms with E-state index in [1.54, 1.807) is 18.2 Å². The largest absolute Gasteiger partial charge is 0.490 e. The van der Waals surface area contributed by atoms with Crippen molar-refractivity contribution in [2.24, 2.45) is 0 Å². The van der Waals surface area contributed by atoms with Gasteiger partial charge in [0, 0.05) is 6.07 Å². The van der Waals surface area contributed by atoms with E-state index in [0.717, 1.165) is 11.1 Å². The molecule has 6 rings (SSSR count). The van der Waals surface area contributed by atoms with Crippen LogP contribution in [0.4, 0.5) is 5.69 Å². The first-order valence-corrected chi connectivity index (χ1v) is 13.4. The minimum absolute atomic E-state index is 0.168. The average Bonchev–Trinajstić information content (AvgIpc) is 3.51. The number of amides is 1. The van der Waals surface area contributed by atoms with Gasteiger partial charge in [0.1, 0.15) is 6.61 Å². The van der Waals surface area contributed by atoms with Gasteiger partial charge in [-0.05, 0) is 65.2 Å². The maximum absolute atomic E-state index is 13.3. The van der Waals surface area contributed by atoms with Crippen LogP contribution in [-0.4, -0.2) is 23.6 Å². The molecule has 4 aromatic rings. The van der Waals surface area contributed by atoms with Crippen LogP contribution in [0.5, 0.6) is 23.0 Å². The van der Waals surface area contributed by atoms with Gasteiger partial charge in [-0.1, -0.05) is 66.4 Å². The quantitative estimate of drug-likeness (QED) is 0.185. The van der Waals surface area contributed by atoms with Gasteiger partial charge in [-0.2, -0.15) is 0 Å². The van der Waals surface area contributed by atoms with Gasteiger partial charge in [0.15, 0.2) is 27.3 Å². The summed E-state index contributed by atoms with van der Waals surface area (Å²) in [7, 11) is 0. The van der Waals surface area contributed by atoms with E-state index in [2.05, 4.69) is 30.3 Å². The van der Waals surface area contributed by atoms with Gasteiger partial charge in [0.25, 0.3) is 5.91 Å². The highest BCUT2D eigenvalue weighted by Gasteiger charge is 2.34. The Morgan fingerprint density at radius 2 is 1.76 bits per heavy atom. The first kappa shape index (κ1) is 24.3. The summed E-state index contributed by atoms with van der Waals surface area (Å²) in [6.45, 7) is 3.00. The van der Waals surface area contributed by atoms with Crippen molar-refractivity contribution in [1.82, 2.24) is 0 Å². The van der Waals surface area contributed by atoms with Crippen LogP contribution in [0.2, 0.25) is 0 Å². The molecule has 0 bridgehead atoms. The van der Waals surface area contributed by atoms with Crippen molar-refractivity contribution in [3.8, 4) is 23.0 Å². The molecule has 2 heterocycles. The lowest BCUT2D eigenvalue weighted by Crippen LogP contribution is -2.27. The van der Waals surface area contributed by atoms with E-state index in [-0.39, 0.29) is 12.7 Å². The third-order valence-corrected chi connectivity index (χ3v) is 7.48. The Hall–Kier alpha value is -4.01. The molecule has 190 valence electrons. The molecule has 0 aliphatic carbocycles. The predicted molar refractivity (Wildman–Crippen MR) is 154 cm³/mol. The van der Waals surface area contributed by atoms with Gasteiger partial charge in [-0.3, -0.25) is 9.69 Å². The molecule has 1 fully saturated rings. The minimum atomic E-state index is -0.187. The number of benzene rings is 4. The first-order chi connectivity index (χ1) is 18.6. The van der Waals surface area contributed by atoms with E-state index in [1.807, 2.05) is 43.3 Å². The molecule has 1 saturated heterocycles. The van der Waals surface area contributed by atoms with E-state index < -0.39 is 0 Å². The first-order valence-electron chi connectivity index (χ1n) is 12.1. The number of nitrogens with zero attached hydrogens (tertiary/aromatic N) is 1. The third kappa shape index (κ3) is 4.80. The zero-order valence-electron chi connectivity index (χ0n) is 20.5. The van der Waals surface area contributed by atoms with E-state index in [1.165, 1.54) is 27.4 Å². The highest BCUT2D eigenvalue weighted by molar-refractivity contribution is 8.27. The predicted octanol–water partition coefficient (Wildman–Crippen LogP) is 6.95. The normalized spacial score (nSPS) is 15.5. The van der Waals surface area contributed by atoms with Gasteiger partial charge in [0.05, 0.1) is 17.2 Å². The zero-order chi connectivity index (χ0) is 26.1. The van der Waals surface area contributed by atoms with Crippen molar-refractivity contribution < 1.29 is 23.7 Å². The zero-order valence-corrected chi connectivity index (χ0v) is 22.1. The molecule has 0 unspecified atom stereocenters. The number of hydrogen-bond acceptors (Lipinski definition) is 7.